The van der Waals surface area contributed by atoms with Crippen molar-refractivity contribution in [3.05, 3.63) is 12.2 Å². The highest BCUT2D eigenvalue weighted by Gasteiger charge is 2.58. The van der Waals surface area contributed by atoms with Crippen molar-refractivity contribution < 1.29 is 30.0 Å². The van der Waals surface area contributed by atoms with E-state index in [9.17, 15) is 30.0 Å². The molecule has 0 heterocycles. The summed E-state index contributed by atoms with van der Waals surface area (Å²) in [6.07, 6.45) is 4.28. The number of hydrogen-bond acceptors (Lipinski definition) is 5. The molecule has 4 N–H and O–H groups in total. The minimum Gasteiger partial charge on any atom is -0.480 e. The van der Waals surface area contributed by atoms with Crippen LogP contribution in [-0.2, 0) is 9.59 Å². The first kappa shape index (κ1) is 19.8. The summed E-state index contributed by atoms with van der Waals surface area (Å²) in [5, 5.41) is 38.8. The molecular weight excluding hydrogens is 300 g/mol. The number of aliphatic hydroxyl groups is 3. The SMILES string of the molecule is CCCC[C@H](C)C[C@H](O)/C=C/[C@H]1[C@H](O)CC(=O)C1(CO)C(=O)O. The zero-order valence-electron chi connectivity index (χ0n) is 13.8. The van der Waals surface area contributed by atoms with E-state index in [1.165, 1.54) is 12.2 Å². The third-order valence-corrected chi connectivity index (χ3v) is 4.74. The number of carboxylic acid groups (broad SMARTS) is 1. The van der Waals surface area contributed by atoms with Gasteiger partial charge in [0, 0.05) is 12.3 Å². The first-order chi connectivity index (χ1) is 10.8. The molecule has 0 radical (unpaired) electrons. The van der Waals surface area contributed by atoms with Gasteiger partial charge in [0.1, 0.15) is 0 Å². The van der Waals surface area contributed by atoms with Crippen molar-refractivity contribution in [2.24, 2.45) is 17.3 Å². The minimum atomic E-state index is -2.01. The average Bonchev–Trinajstić information content (AvgIpc) is 2.73. The van der Waals surface area contributed by atoms with Gasteiger partial charge >= 0.3 is 5.97 Å². The molecule has 1 rings (SSSR count). The molecule has 1 aliphatic carbocycles. The van der Waals surface area contributed by atoms with Crippen molar-refractivity contribution >= 4 is 11.8 Å². The molecule has 1 unspecified atom stereocenters. The van der Waals surface area contributed by atoms with E-state index in [0.29, 0.717) is 12.3 Å². The Balaban J connectivity index is 2.79. The van der Waals surface area contributed by atoms with E-state index in [1.807, 2.05) is 6.92 Å². The van der Waals surface area contributed by atoms with Crippen molar-refractivity contribution in [1.29, 1.82) is 0 Å². The maximum atomic E-state index is 11.9. The summed E-state index contributed by atoms with van der Waals surface area (Å²) in [6.45, 7) is 3.27. The Hall–Kier alpha value is -1.24. The summed E-state index contributed by atoms with van der Waals surface area (Å²) in [5.41, 5.74) is -2.01. The van der Waals surface area contributed by atoms with Gasteiger partial charge in [0.25, 0.3) is 0 Å². The molecule has 0 bridgehead atoms. The molecule has 6 heteroatoms. The molecule has 1 saturated carbocycles. The van der Waals surface area contributed by atoms with E-state index in [4.69, 9.17) is 0 Å². The molecule has 0 aromatic carbocycles. The number of carbonyl (C=O) groups is 2. The Labute approximate surface area is 136 Å². The Morgan fingerprint density at radius 1 is 1.48 bits per heavy atom. The van der Waals surface area contributed by atoms with Gasteiger partial charge in [0.05, 0.1) is 18.8 Å². The Morgan fingerprint density at radius 3 is 2.65 bits per heavy atom. The summed E-state index contributed by atoms with van der Waals surface area (Å²) in [5.74, 6) is -2.83. The van der Waals surface area contributed by atoms with Crippen LogP contribution in [0.5, 0.6) is 0 Å². The van der Waals surface area contributed by atoms with Gasteiger partial charge in [-0.15, -0.1) is 0 Å². The number of hydrogen-bond donors (Lipinski definition) is 4. The zero-order valence-corrected chi connectivity index (χ0v) is 13.8. The van der Waals surface area contributed by atoms with Gasteiger partial charge in [-0.2, -0.15) is 0 Å². The maximum Gasteiger partial charge on any atom is 0.320 e. The Kier molecular flexibility index (Phi) is 7.38. The number of rotatable bonds is 9. The monoisotopic (exact) mass is 328 g/mol. The second kappa shape index (κ2) is 8.57. The van der Waals surface area contributed by atoms with Crippen LogP contribution in [0.4, 0.5) is 0 Å². The Morgan fingerprint density at radius 2 is 2.13 bits per heavy atom. The topological polar surface area (TPSA) is 115 Å². The van der Waals surface area contributed by atoms with Crippen LogP contribution >= 0.6 is 0 Å². The van der Waals surface area contributed by atoms with Crippen LogP contribution in [0.2, 0.25) is 0 Å². The largest absolute Gasteiger partial charge is 0.480 e. The molecule has 0 amide bonds. The van der Waals surface area contributed by atoms with E-state index >= 15 is 0 Å². The molecule has 1 aliphatic rings. The van der Waals surface area contributed by atoms with Crippen LogP contribution in [-0.4, -0.2) is 51.0 Å². The number of ketones is 1. The number of aliphatic hydroxyl groups excluding tert-OH is 3. The fraction of sp³-hybridized carbons (Fsp3) is 0.765. The highest BCUT2D eigenvalue weighted by Crippen LogP contribution is 2.42. The molecule has 0 aromatic rings. The predicted molar refractivity (Wildman–Crippen MR) is 84.7 cm³/mol. The number of Topliss-reactive ketones (excluding diaryl/α,β-unsaturated/α-hetero) is 1. The van der Waals surface area contributed by atoms with Crippen molar-refractivity contribution in [2.45, 2.75) is 58.2 Å². The van der Waals surface area contributed by atoms with Crippen LogP contribution in [0.25, 0.3) is 0 Å². The molecule has 0 saturated heterocycles. The Bertz CT molecular complexity index is 446. The lowest BCUT2D eigenvalue weighted by molar-refractivity contribution is -0.158. The molecular formula is C17H28O6. The minimum absolute atomic E-state index is 0.301. The van der Waals surface area contributed by atoms with Crippen molar-refractivity contribution in [1.82, 2.24) is 0 Å². The summed E-state index contributed by atoms with van der Waals surface area (Å²) in [7, 11) is 0. The third-order valence-electron chi connectivity index (χ3n) is 4.74. The van der Waals surface area contributed by atoms with Crippen LogP contribution in [0, 0.1) is 17.3 Å². The van der Waals surface area contributed by atoms with E-state index in [0.717, 1.165) is 19.3 Å². The first-order valence-electron chi connectivity index (χ1n) is 8.21. The van der Waals surface area contributed by atoms with Crippen LogP contribution in [0.3, 0.4) is 0 Å². The first-order valence-corrected chi connectivity index (χ1v) is 8.21. The summed E-state index contributed by atoms with van der Waals surface area (Å²) in [4.78, 5) is 23.4. The van der Waals surface area contributed by atoms with Crippen LogP contribution in [0.15, 0.2) is 12.2 Å². The van der Waals surface area contributed by atoms with Crippen LogP contribution < -0.4 is 0 Å². The fourth-order valence-corrected chi connectivity index (χ4v) is 3.24. The predicted octanol–water partition coefficient (Wildman–Crippen LogP) is 1.13. The molecule has 0 aliphatic heterocycles. The molecule has 5 atom stereocenters. The quantitative estimate of drug-likeness (QED) is 0.373. The number of unbranched alkanes of at least 4 members (excludes halogenated alkanes) is 1. The highest BCUT2D eigenvalue weighted by atomic mass is 16.4. The molecule has 23 heavy (non-hydrogen) atoms. The van der Waals surface area contributed by atoms with Crippen molar-refractivity contribution in [3.8, 4) is 0 Å². The lowest BCUT2D eigenvalue weighted by Crippen LogP contribution is -2.45. The van der Waals surface area contributed by atoms with Gasteiger partial charge < -0.3 is 20.4 Å². The number of carboxylic acids is 1. The smallest absolute Gasteiger partial charge is 0.320 e. The summed E-state index contributed by atoms with van der Waals surface area (Å²) < 4.78 is 0. The molecule has 0 aromatic heterocycles. The lowest BCUT2D eigenvalue weighted by Gasteiger charge is -2.27. The summed E-state index contributed by atoms with van der Waals surface area (Å²) >= 11 is 0. The summed E-state index contributed by atoms with van der Waals surface area (Å²) in [6, 6.07) is 0. The van der Waals surface area contributed by atoms with Gasteiger partial charge in [0.2, 0.25) is 0 Å². The second-order valence-electron chi connectivity index (χ2n) is 6.59. The molecule has 1 fully saturated rings. The zero-order chi connectivity index (χ0) is 17.6. The van der Waals surface area contributed by atoms with Crippen LogP contribution in [0.1, 0.15) is 46.0 Å². The van der Waals surface area contributed by atoms with Crippen molar-refractivity contribution in [3.63, 3.8) is 0 Å². The molecule has 0 spiro atoms. The molecule has 6 nitrogen and oxygen atoms in total. The van der Waals surface area contributed by atoms with Crippen molar-refractivity contribution in [2.75, 3.05) is 6.61 Å². The van der Waals surface area contributed by atoms with Gasteiger partial charge in [-0.25, -0.2) is 0 Å². The van der Waals surface area contributed by atoms with Gasteiger partial charge in [0.15, 0.2) is 11.2 Å². The standard InChI is InChI=1S/C17H28O6/c1-3-4-5-11(2)8-12(19)6-7-13-14(20)9-15(21)17(13,10-18)16(22)23/h6-7,11-14,18-20H,3-5,8-10H2,1-2H3,(H,22,23)/b7-6+/t11-,12+,13-,14+,17?/m0/s1. The normalized spacial score (nSPS) is 30.7. The lowest BCUT2D eigenvalue weighted by atomic mass is 9.77. The molecule has 132 valence electrons. The van der Waals surface area contributed by atoms with Gasteiger partial charge in [-0.05, 0) is 12.3 Å². The van der Waals surface area contributed by atoms with Gasteiger partial charge in [-0.1, -0.05) is 45.3 Å². The van der Waals surface area contributed by atoms with E-state index < -0.39 is 41.9 Å². The van der Waals surface area contributed by atoms with E-state index in [-0.39, 0.29) is 6.42 Å². The highest BCUT2D eigenvalue weighted by molar-refractivity contribution is 6.06. The van der Waals surface area contributed by atoms with E-state index in [1.54, 1.807) is 0 Å². The second-order valence-corrected chi connectivity index (χ2v) is 6.59. The number of aliphatic carboxylic acids is 1. The third kappa shape index (κ3) is 4.40. The fourth-order valence-electron chi connectivity index (χ4n) is 3.24. The van der Waals surface area contributed by atoms with E-state index in [2.05, 4.69) is 6.92 Å². The van der Waals surface area contributed by atoms with Gasteiger partial charge in [-0.3, -0.25) is 9.59 Å². The average molecular weight is 328 g/mol. The number of carbonyl (C=O) groups excluding carboxylic acids is 1. The maximum absolute atomic E-state index is 11.9.